The number of hydrogen-bond acceptors (Lipinski definition) is 5. The molecule has 11 aromatic carbocycles. The summed E-state index contributed by atoms with van der Waals surface area (Å²) in [5.41, 5.74) is 20.7. The van der Waals surface area contributed by atoms with Crippen molar-refractivity contribution in [2.45, 2.75) is 20.6 Å². The number of hydrogen-bond donors (Lipinski definition) is 0. The number of benzene rings is 11. The van der Waals surface area contributed by atoms with Crippen molar-refractivity contribution >= 4 is 33.7 Å². The van der Waals surface area contributed by atoms with Crippen LogP contribution in [-0.4, -0.2) is 15.0 Å². The van der Waals surface area contributed by atoms with Gasteiger partial charge in [0.1, 0.15) is 11.2 Å². The molecule has 2 aromatic heterocycles. The molecule has 2 aliphatic carbocycles. The van der Waals surface area contributed by atoms with E-state index in [1.54, 1.807) is 0 Å². The predicted molar refractivity (Wildman–Crippen MR) is 308 cm³/mol. The third-order valence-electron chi connectivity index (χ3n) is 16.3. The van der Waals surface area contributed by atoms with E-state index in [1.165, 1.54) is 65.4 Å². The fraction of sp³-hybridized carbons (Fsp3) is 0.0282. The van der Waals surface area contributed by atoms with Gasteiger partial charge in [-0.1, -0.05) is 248 Å². The minimum Gasteiger partial charge on any atom is -0.455 e. The summed E-state index contributed by atoms with van der Waals surface area (Å²) in [6, 6.07) is 94.9. The predicted octanol–water partition coefficient (Wildman–Crippen LogP) is 17.6. The van der Waals surface area contributed by atoms with Gasteiger partial charge in [-0.05, 0) is 96.6 Å². The monoisotopic (exact) mass is 985 g/mol. The molecule has 0 radical (unpaired) electrons. The molecule has 4 nitrogen and oxygen atoms in total. The highest BCUT2D eigenvalue weighted by molar-refractivity contribution is 7.99. The van der Waals surface area contributed by atoms with Crippen molar-refractivity contribution in [2.75, 3.05) is 0 Å². The van der Waals surface area contributed by atoms with Crippen LogP contribution in [0.25, 0.3) is 89.5 Å². The molecule has 3 aliphatic rings. The zero-order valence-electron chi connectivity index (χ0n) is 41.0. The van der Waals surface area contributed by atoms with Crippen LogP contribution < -0.4 is 0 Å². The van der Waals surface area contributed by atoms with E-state index in [1.807, 2.05) is 42.1 Å². The van der Waals surface area contributed by atoms with Crippen molar-refractivity contribution in [2.24, 2.45) is 0 Å². The number of rotatable bonds is 5. The normalized spacial score (nSPS) is 13.9. The van der Waals surface area contributed by atoms with E-state index in [-0.39, 0.29) is 0 Å². The molecular formula is C71H43N3OS. The largest absolute Gasteiger partial charge is 0.455 e. The first-order valence-electron chi connectivity index (χ1n) is 25.9. The van der Waals surface area contributed by atoms with Crippen LogP contribution in [0.3, 0.4) is 0 Å². The summed E-state index contributed by atoms with van der Waals surface area (Å²) in [5.74, 6) is 1.83. The summed E-state index contributed by atoms with van der Waals surface area (Å²) in [5, 5.41) is 2.22. The lowest BCUT2D eigenvalue weighted by Gasteiger charge is -2.51. The van der Waals surface area contributed by atoms with E-state index in [4.69, 9.17) is 19.4 Å². The van der Waals surface area contributed by atoms with Crippen LogP contribution in [0.2, 0.25) is 0 Å². The van der Waals surface area contributed by atoms with Crippen molar-refractivity contribution in [3.63, 3.8) is 0 Å². The van der Waals surface area contributed by atoms with Gasteiger partial charge in [-0.15, -0.1) is 0 Å². The van der Waals surface area contributed by atoms with E-state index >= 15 is 0 Å². The summed E-state index contributed by atoms with van der Waals surface area (Å²) in [7, 11) is 0. The molecule has 13 aromatic rings. The van der Waals surface area contributed by atoms with Crippen molar-refractivity contribution in [1.82, 2.24) is 15.0 Å². The molecule has 0 bridgehead atoms. The minimum absolute atomic E-state index is 0.533. The third kappa shape index (κ3) is 6.00. The summed E-state index contributed by atoms with van der Waals surface area (Å²) in [4.78, 5) is 18.2. The second-order valence-corrected chi connectivity index (χ2v) is 21.2. The van der Waals surface area contributed by atoms with Gasteiger partial charge in [-0.2, -0.15) is 0 Å². The number of nitrogens with zero attached hydrogens (tertiary/aromatic N) is 3. The molecule has 0 N–H and O–H groups in total. The van der Waals surface area contributed by atoms with Crippen LogP contribution in [0, 0.1) is 0 Å². The summed E-state index contributed by atoms with van der Waals surface area (Å²) in [6.07, 6.45) is 0. The van der Waals surface area contributed by atoms with E-state index in [9.17, 15) is 0 Å². The summed E-state index contributed by atoms with van der Waals surface area (Å²) in [6.45, 7) is 0. The average molecular weight is 986 g/mol. The molecule has 5 heteroatoms. The van der Waals surface area contributed by atoms with Gasteiger partial charge in [-0.25, -0.2) is 15.0 Å². The van der Waals surface area contributed by atoms with E-state index in [0.717, 1.165) is 60.9 Å². The van der Waals surface area contributed by atoms with Crippen molar-refractivity contribution in [3.05, 3.63) is 305 Å². The highest BCUT2D eigenvalue weighted by Gasteiger charge is 2.58. The molecule has 16 rings (SSSR count). The van der Waals surface area contributed by atoms with Crippen molar-refractivity contribution in [1.29, 1.82) is 0 Å². The molecule has 0 fully saturated rings. The lowest BCUT2D eigenvalue weighted by molar-refractivity contribution is 0.605. The van der Waals surface area contributed by atoms with Crippen LogP contribution in [0.4, 0.5) is 0 Å². The van der Waals surface area contributed by atoms with Gasteiger partial charge in [0.15, 0.2) is 17.5 Å². The maximum atomic E-state index is 6.43. The molecule has 354 valence electrons. The van der Waals surface area contributed by atoms with Gasteiger partial charge in [0, 0.05) is 42.8 Å². The van der Waals surface area contributed by atoms with E-state index in [0.29, 0.717) is 17.5 Å². The van der Waals surface area contributed by atoms with Gasteiger partial charge in [-0.3, -0.25) is 0 Å². The zero-order chi connectivity index (χ0) is 50.0. The molecule has 0 unspecified atom stereocenters. The first kappa shape index (κ1) is 43.0. The number of aromatic nitrogens is 3. The van der Waals surface area contributed by atoms with Gasteiger partial charge >= 0.3 is 0 Å². The lowest BCUT2D eigenvalue weighted by atomic mass is 9.51. The summed E-state index contributed by atoms with van der Waals surface area (Å²) < 4.78 is 6.43. The summed E-state index contributed by atoms with van der Waals surface area (Å²) >= 11 is 1.88. The fourth-order valence-corrected chi connectivity index (χ4v) is 14.4. The Morgan fingerprint density at radius 1 is 0.289 bits per heavy atom. The van der Waals surface area contributed by atoms with Crippen LogP contribution in [0.1, 0.15) is 44.5 Å². The maximum absolute atomic E-state index is 6.43. The minimum atomic E-state index is -0.603. The molecule has 0 amide bonds. The Morgan fingerprint density at radius 2 is 0.724 bits per heavy atom. The second kappa shape index (κ2) is 16.5. The Hall–Kier alpha value is -9.42. The third-order valence-corrected chi connectivity index (χ3v) is 17.5. The molecule has 1 aliphatic heterocycles. The first-order chi connectivity index (χ1) is 37.7. The second-order valence-electron chi connectivity index (χ2n) is 20.1. The number of fused-ring (bicyclic) bond motifs is 18. The smallest absolute Gasteiger partial charge is 0.164 e. The lowest BCUT2D eigenvalue weighted by Crippen LogP contribution is -2.45. The molecule has 3 heterocycles. The zero-order valence-corrected chi connectivity index (χ0v) is 41.8. The quantitative estimate of drug-likeness (QED) is 0.172. The average Bonchev–Trinajstić information content (AvgIpc) is 4.21. The highest BCUT2D eigenvalue weighted by Crippen LogP contribution is 2.67. The van der Waals surface area contributed by atoms with Crippen LogP contribution in [0.5, 0.6) is 0 Å². The van der Waals surface area contributed by atoms with Crippen molar-refractivity contribution < 1.29 is 4.42 Å². The molecular weight excluding hydrogens is 943 g/mol. The van der Waals surface area contributed by atoms with Crippen molar-refractivity contribution in [3.8, 4) is 67.5 Å². The molecule has 0 saturated carbocycles. The van der Waals surface area contributed by atoms with Gasteiger partial charge in [0.2, 0.25) is 0 Å². The fourth-order valence-electron chi connectivity index (χ4n) is 13.2. The molecule has 0 saturated heterocycles. The van der Waals surface area contributed by atoms with Crippen LogP contribution in [0.15, 0.2) is 275 Å². The SMILES string of the molecule is c1ccc(-c2nc(-c3ccc(-c4cccc5c4oc4ccccc45)cc3)nc(-c3cccc(-c4cccc5c4-c4ccccc4C54c5ccccc5C5(c6ccccc6Sc6ccccc65)c5ccccc54)c3)n2)cc1. The molecule has 0 atom stereocenters. The van der Waals surface area contributed by atoms with Gasteiger partial charge < -0.3 is 4.42 Å². The van der Waals surface area contributed by atoms with E-state index in [2.05, 4.69) is 231 Å². The standard InChI is InChI=1S/C71H43N3OS/c1-2-19-45(20-3-1)67-72-68(46-41-39-44(40-42-46)50-26-17-27-52-51-23-5-13-36-62(51)75-66(50)52)74-69(73-67)48-22-16-21-47(43-48)49-25-18-35-61-65(49)53-24-4-6-28-54(53)70(61)55-29-7-9-31-57(55)71(58-32-10-8-30-56(58)70)59-33-11-14-37-63(59)76-64-38-15-12-34-60(64)71/h1-43H. The first-order valence-corrected chi connectivity index (χ1v) is 26.7. The Bertz CT molecular complexity index is 4420. The molecule has 76 heavy (non-hydrogen) atoms. The number of furan rings is 1. The van der Waals surface area contributed by atoms with E-state index < -0.39 is 10.8 Å². The Balaban J connectivity index is 0.859. The maximum Gasteiger partial charge on any atom is 0.164 e. The highest BCUT2D eigenvalue weighted by atomic mass is 32.2. The van der Waals surface area contributed by atoms with Gasteiger partial charge in [0.05, 0.1) is 10.8 Å². The van der Waals surface area contributed by atoms with Crippen LogP contribution >= 0.6 is 11.8 Å². The van der Waals surface area contributed by atoms with Gasteiger partial charge in [0.25, 0.3) is 0 Å². The topological polar surface area (TPSA) is 51.8 Å². The Kier molecular flexibility index (Phi) is 9.37. The Labute approximate surface area is 444 Å². The van der Waals surface area contributed by atoms with Crippen LogP contribution in [-0.2, 0) is 10.8 Å². The number of para-hydroxylation sites is 2. The molecule has 2 spiro atoms. The Morgan fingerprint density at radius 3 is 1.41 bits per heavy atom.